The normalized spacial score (nSPS) is 18.9. The van der Waals surface area contributed by atoms with Crippen LogP contribution in [0.5, 0.6) is 0 Å². The summed E-state index contributed by atoms with van der Waals surface area (Å²) in [7, 11) is 0.0461. The molecule has 5 nitrogen and oxygen atoms in total. The van der Waals surface area contributed by atoms with Crippen LogP contribution >= 0.6 is 0 Å². The average Bonchev–Trinajstić information content (AvgIpc) is 3.05. The molecule has 2 aliphatic carbocycles. The molecular formula is C16H23N3O2S. The monoisotopic (exact) mass is 321 g/mol. The fourth-order valence-corrected chi connectivity index (χ4v) is 4.08. The van der Waals surface area contributed by atoms with Crippen LogP contribution in [0, 0.1) is 0 Å². The van der Waals surface area contributed by atoms with E-state index in [4.69, 9.17) is 5.14 Å². The Hall–Kier alpha value is -1.24. The fraction of sp³-hybridized carbons (Fsp3) is 0.562. The van der Waals surface area contributed by atoms with Gasteiger partial charge in [0.2, 0.25) is 0 Å². The molecule has 3 rings (SSSR count). The Balaban J connectivity index is 1.97. The maximum absolute atomic E-state index is 12.3. The zero-order valence-corrected chi connectivity index (χ0v) is 14.0. The third kappa shape index (κ3) is 2.83. The second-order valence-electron chi connectivity index (χ2n) is 6.35. The second-order valence-corrected chi connectivity index (χ2v) is 8.34. The quantitative estimate of drug-likeness (QED) is 0.917. The summed E-state index contributed by atoms with van der Waals surface area (Å²) in [5.74, 6) is -0.379. The van der Waals surface area contributed by atoms with E-state index in [1.165, 1.54) is 26.6 Å². The predicted octanol–water partition coefficient (Wildman–Crippen LogP) is 1.55. The molecule has 1 aromatic carbocycles. The molecule has 1 unspecified atom stereocenters. The minimum absolute atomic E-state index is 0.230. The number of carbonyl (C=O) groups excluding carboxylic acids is 1. The van der Waals surface area contributed by atoms with Crippen LogP contribution in [0.4, 0.5) is 0 Å². The first-order valence-corrected chi connectivity index (χ1v) is 9.32. The Morgan fingerprint density at radius 2 is 1.73 bits per heavy atom. The van der Waals surface area contributed by atoms with Gasteiger partial charge in [0.05, 0.1) is 6.42 Å². The van der Waals surface area contributed by atoms with E-state index in [-0.39, 0.29) is 12.3 Å². The first-order chi connectivity index (χ1) is 10.4. The van der Waals surface area contributed by atoms with Gasteiger partial charge in [0, 0.05) is 14.1 Å². The van der Waals surface area contributed by atoms with Crippen molar-refractivity contribution >= 4 is 16.0 Å². The summed E-state index contributed by atoms with van der Waals surface area (Å²) >= 11 is 0. The first kappa shape index (κ1) is 15.6. The van der Waals surface area contributed by atoms with Gasteiger partial charge >= 0.3 is 0 Å². The van der Waals surface area contributed by atoms with Gasteiger partial charge in [0.15, 0.2) is 10.1 Å². The minimum atomic E-state index is -3.09. The number of aryl methyl sites for hydroxylation is 2. The van der Waals surface area contributed by atoms with Gasteiger partial charge < -0.3 is 0 Å². The van der Waals surface area contributed by atoms with Crippen molar-refractivity contribution in [2.75, 3.05) is 14.1 Å². The molecule has 0 aromatic heterocycles. The van der Waals surface area contributed by atoms with Gasteiger partial charge in [-0.25, -0.2) is 13.7 Å². The maximum Gasteiger partial charge on any atom is 0.260 e. The molecule has 0 fully saturated rings. The highest BCUT2D eigenvalue weighted by molar-refractivity contribution is 7.89. The minimum Gasteiger partial charge on any atom is -0.271 e. The lowest BCUT2D eigenvalue weighted by Gasteiger charge is -2.15. The summed E-state index contributed by atoms with van der Waals surface area (Å²) in [5, 5.41) is 5.61. The van der Waals surface area contributed by atoms with E-state index in [0.717, 1.165) is 44.1 Å². The van der Waals surface area contributed by atoms with Crippen molar-refractivity contribution in [3.63, 3.8) is 0 Å². The van der Waals surface area contributed by atoms with Crippen LogP contribution in [0.25, 0.3) is 0 Å². The number of fused-ring (bicyclic) bond motifs is 2. The van der Waals surface area contributed by atoms with Crippen molar-refractivity contribution in [1.82, 2.24) is 4.31 Å². The standard InChI is InChI=1S/C16H23N3O2S/c1-19(2)22(17,21)18-16(20)10-15-13-7-3-5-11(13)9-12-6-4-8-14(12)15/h9H,3-8,10H2,1-2H3,(H2,17,18,20,21). The molecule has 2 N–H and O–H groups in total. The van der Waals surface area contributed by atoms with Crippen LogP contribution in [0.2, 0.25) is 0 Å². The number of nitrogens with two attached hydrogens (primary N) is 1. The van der Waals surface area contributed by atoms with Crippen molar-refractivity contribution in [2.24, 2.45) is 9.50 Å². The number of hydrogen-bond acceptors (Lipinski definition) is 2. The topological polar surface area (TPSA) is 75.8 Å². The van der Waals surface area contributed by atoms with Crippen LogP contribution in [0.3, 0.4) is 0 Å². The number of amides is 1. The Kier molecular flexibility index (Phi) is 4.09. The van der Waals surface area contributed by atoms with Crippen LogP contribution in [0.15, 0.2) is 10.4 Å². The zero-order chi connectivity index (χ0) is 15.9. The molecule has 22 heavy (non-hydrogen) atoms. The van der Waals surface area contributed by atoms with Crippen molar-refractivity contribution < 1.29 is 9.00 Å². The van der Waals surface area contributed by atoms with E-state index in [9.17, 15) is 9.00 Å². The SMILES string of the molecule is CN(C)S(N)(=O)=NC(=O)Cc1c2c(cc3c1CCC3)CCC2. The first-order valence-electron chi connectivity index (χ1n) is 7.79. The molecule has 0 spiro atoms. The highest BCUT2D eigenvalue weighted by Gasteiger charge is 2.25. The fourth-order valence-electron chi connectivity index (χ4n) is 3.56. The lowest BCUT2D eigenvalue weighted by atomic mass is 9.92. The van der Waals surface area contributed by atoms with E-state index in [2.05, 4.69) is 10.4 Å². The molecule has 120 valence electrons. The molecule has 1 atom stereocenters. The van der Waals surface area contributed by atoms with Crippen LogP contribution in [-0.2, 0) is 47.0 Å². The third-order valence-electron chi connectivity index (χ3n) is 4.68. The lowest BCUT2D eigenvalue weighted by molar-refractivity contribution is -0.117. The Morgan fingerprint density at radius 1 is 1.18 bits per heavy atom. The van der Waals surface area contributed by atoms with Crippen molar-refractivity contribution in [2.45, 2.75) is 44.9 Å². The summed E-state index contributed by atoms with van der Waals surface area (Å²) in [4.78, 5) is 12.3. The molecule has 0 bridgehead atoms. The number of carbonyl (C=O) groups is 1. The average molecular weight is 321 g/mol. The predicted molar refractivity (Wildman–Crippen MR) is 87.6 cm³/mol. The summed E-state index contributed by atoms with van der Waals surface area (Å²) in [6.45, 7) is 0. The Morgan fingerprint density at radius 3 is 2.23 bits per heavy atom. The lowest BCUT2D eigenvalue weighted by Crippen LogP contribution is -2.30. The molecular weight excluding hydrogens is 298 g/mol. The summed E-state index contributed by atoms with van der Waals surface area (Å²) in [6.07, 6.45) is 6.82. The van der Waals surface area contributed by atoms with Gasteiger partial charge in [-0.2, -0.15) is 0 Å². The van der Waals surface area contributed by atoms with Gasteiger partial charge in [0.1, 0.15) is 0 Å². The van der Waals surface area contributed by atoms with E-state index in [1.807, 2.05) is 0 Å². The number of nitrogens with zero attached hydrogens (tertiary/aromatic N) is 2. The van der Waals surface area contributed by atoms with E-state index in [0.29, 0.717) is 0 Å². The van der Waals surface area contributed by atoms with Crippen molar-refractivity contribution in [3.8, 4) is 0 Å². The van der Waals surface area contributed by atoms with E-state index < -0.39 is 10.1 Å². The number of hydrogen-bond donors (Lipinski definition) is 1. The third-order valence-corrected chi connectivity index (χ3v) is 6.19. The zero-order valence-electron chi connectivity index (χ0n) is 13.2. The molecule has 0 saturated carbocycles. The molecule has 0 saturated heterocycles. The molecule has 0 heterocycles. The van der Waals surface area contributed by atoms with Crippen LogP contribution < -0.4 is 5.14 Å². The van der Waals surface area contributed by atoms with Crippen LogP contribution in [-0.4, -0.2) is 28.5 Å². The molecule has 0 radical (unpaired) electrons. The van der Waals surface area contributed by atoms with E-state index in [1.54, 1.807) is 14.1 Å². The van der Waals surface area contributed by atoms with E-state index >= 15 is 0 Å². The van der Waals surface area contributed by atoms with Crippen molar-refractivity contribution in [3.05, 3.63) is 33.9 Å². The highest BCUT2D eigenvalue weighted by atomic mass is 32.2. The van der Waals surface area contributed by atoms with Gasteiger partial charge in [-0.3, -0.25) is 4.79 Å². The molecule has 0 aliphatic heterocycles. The largest absolute Gasteiger partial charge is 0.271 e. The smallest absolute Gasteiger partial charge is 0.260 e. The van der Waals surface area contributed by atoms with Gasteiger partial charge in [0.25, 0.3) is 5.91 Å². The van der Waals surface area contributed by atoms with Crippen LogP contribution in [0.1, 0.15) is 40.7 Å². The molecule has 6 heteroatoms. The summed E-state index contributed by atoms with van der Waals surface area (Å²) in [6, 6.07) is 2.34. The van der Waals surface area contributed by atoms with Gasteiger partial charge in [-0.1, -0.05) is 6.07 Å². The highest BCUT2D eigenvalue weighted by Crippen LogP contribution is 2.35. The Bertz CT molecular complexity index is 714. The maximum atomic E-state index is 12.3. The Labute approximate surface area is 132 Å². The summed E-state index contributed by atoms with van der Waals surface area (Å²) < 4.78 is 17.1. The van der Waals surface area contributed by atoms with Gasteiger partial charge in [-0.05, 0) is 66.3 Å². The number of benzene rings is 1. The van der Waals surface area contributed by atoms with Crippen molar-refractivity contribution in [1.29, 1.82) is 0 Å². The number of rotatable bonds is 3. The molecule has 2 aliphatic rings. The summed E-state index contributed by atoms with van der Waals surface area (Å²) in [5.41, 5.74) is 6.59. The molecule has 1 aromatic rings. The van der Waals surface area contributed by atoms with Gasteiger partial charge in [-0.15, -0.1) is 4.36 Å². The molecule has 1 amide bonds. The second kappa shape index (κ2) is 5.76.